The maximum absolute atomic E-state index is 11.8. The topological polar surface area (TPSA) is 54.9 Å². The van der Waals surface area contributed by atoms with Crippen molar-refractivity contribution in [1.82, 2.24) is 10.2 Å². The van der Waals surface area contributed by atoms with Gasteiger partial charge in [0, 0.05) is 0 Å². The minimum Gasteiger partial charge on any atom is -0.300 e. The Kier molecular flexibility index (Phi) is 3.20. The molecule has 5 heteroatoms. The number of hydrogen-bond donors (Lipinski definition) is 1. The van der Waals surface area contributed by atoms with E-state index in [0.29, 0.717) is 11.6 Å². The van der Waals surface area contributed by atoms with Crippen LogP contribution in [0.4, 0.5) is 5.13 Å². The van der Waals surface area contributed by atoms with Crippen LogP contribution in [0.25, 0.3) is 10.8 Å². The smallest absolute Gasteiger partial charge is 0.230 e. The van der Waals surface area contributed by atoms with E-state index in [1.807, 2.05) is 36.4 Å². The normalized spacial score (nSPS) is 10.5. The number of rotatable bonds is 3. The highest BCUT2D eigenvalue weighted by molar-refractivity contribution is 7.13. The Balaban J connectivity index is 1.75. The lowest BCUT2D eigenvalue weighted by atomic mass is 10.1. The standard InChI is InChI=1S/C14H11N3OS/c18-13(16-14-17-15-9-19-14)8-10-5-6-11-3-1-2-4-12(11)7-10/h1-7,9H,8H2,(H,16,17,18). The van der Waals surface area contributed by atoms with Gasteiger partial charge in [-0.2, -0.15) is 0 Å². The van der Waals surface area contributed by atoms with Gasteiger partial charge in [0.2, 0.25) is 11.0 Å². The first-order chi connectivity index (χ1) is 9.31. The van der Waals surface area contributed by atoms with Gasteiger partial charge in [0.15, 0.2) is 0 Å². The van der Waals surface area contributed by atoms with E-state index in [9.17, 15) is 4.79 Å². The van der Waals surface area contributed by atoms with Crippen LogP contribution in [0.1, 0.15) is 5.56 Å². The molecule has 0 atom stereocenters. The van der Waals surface area contributed by atoms with E-state index in [1.54, 1.807) is 5.51 Å². The van der Waals surface area contributed by atoms with Crippen LogP contribution in [0.5, 0.6) is 0 Å². The number of hydrogen-bond acceptors (Lipinski definition) is 4. The molecule has 19 heavy (non-hydrogen) atoms. The molecule has 0 saturated heterocycles. The number of nitrogens with zero attached hydrogens (tertiary/aromatic N) is 2. The Bertz CT molecular complexity index is 710. The number of anilines is 1. The van der Waals surface area contributed by atoms with Crippen molar-refractivity contribution in [3.8, 4) is 0 Å². The van der Waals surface area contributed by atoms with Gasteiger partial charge in [-0.3, -0.25) is 4.79 Å². The zero-order valence-corrected chi connectivity index (χ0v) is 10.9. The zero-order valence-electron chi connectivity index (χ0n) is 10.0. The van der Waals surface area contributed by atoms with Gasteiger partial charge < -0.3 is 5.32 Å². The van der Waals surface area contributed by atoms with Crippen molar-refractivity contribution in [3.05, 3.63) is 53.5 Å². The molecule has 2 aromatic carbocycles. The molecule has 0 fully saturated rings. The molecule has 0 saturated carbocycles. The number of amides is 1. The number of carbonyl (C=O) groups is 1. The van der Waals surface area contributed by atoms with Gasteiger partial charge in [-0.15, -0.1) is 10.2 Å². The molecule has 4 nitrogen and oxygen atoms in total. The van der Waals surface area contributed by atoms with Crippen molar-refractivity contribution < 1.29 is 4.79 Å². The molecule has 0 aliphatic carbocycles. The summed E-state index contributed by atoms with van der Waals surface area (Å²) in [5, 5.41) is 13.0. The first kappa shape index (κ1) is 11.8. The Labute approximate surface area is 114 Å². The summed E-state index contributed by atoms with van der Waals surface area (Å²) >= 11 is 1.31. The fourth-order valence-electron chi connectivity index (χ4n) is 1.93. The third kappa shape index (κ3) is 2.77. The number of nitrogens with one attached hydrogen (secondary N) is 1. The molecule has 0 bridgehead atoms. The SMILES string of the molecule is O=C(Cc1ccc2ccccc2c1)Nc1nncs1. The minimum atomic E-state index is -0.0768. The van der Waals surface area contributed by atoms with Gasteiger partial charge in [0.1, 0.15) is 5.51 Å². The summed E-state index contributed by atoms with van der Waals surface area (Å²) in [6.07, 6.45) is 0.338. The monoisotopic (exact) mass is 269 g/mol. The van der Waals surface area contributed by atoms with Crippen LogP contribution in [-0.2, 0) is 11.2 Å². The van der Waals surface area contributed by atoms with Gasteiger partial charge >= 0.3 is 0 Å². The van der Waals surface area contributed by atoms with Crippen molar-refractivity contribution in [2.45, 2.75) is 6.42 Å². The van der Waals surface area contributed by atoms with Crippen molar-refractivity contribution in [2.75, 3.05) is 5.32 Å². The zero-order chi connectivity index (χ0) is 13.1. The summed E-state index contributed by atoms with van der Waals surface area (Å²) in [5.74, 6) is -0.0768. The van der Waals surface area contributed by atoms with E-state index in [4.69, 9.17) is 0 Å². The van der Waals surface area contributed by atoms with Gasteiger partial charge in [0.25, 0.3) is 0 Å². The fraction of sp³-hybridized carbons (Fsp3) is 0.0714. The Morgan fingerprint density at radius 1 is 1.16 bits per heavy atom. The molecule has 0 radical (unpaired) electrons. The van der Waals surface area contributed by atoms with Crippen LogP contribution in [0, 0.1) is 0 Å². The van der Waals surface area contributed by atoms with Crippen molar-refractivity contribution in [3.63, 3.8) is 0 Å². The van der Waals surface area contributed by atoms with Crippen LogP contribution < -0.4 is 5.32 Å². The quantitative estimate of drug-likeness (QED) is 0.795. The molecular formula is C14H11N3OS. The van der Waals surface area contributed by atoms with Crippen LogP contribution in [0.15, 0.2) is 48.0 Å². The molecule has 1 amide bonds. The molecule has 0 aliphatic heterocycles. The third-order valence-corrected chi connectivity index (χ3v) is 3.39. The lowest BCUT2D eigenvalue weighted by molar-refractivity contribution is -0.115. The molecule has 3 rings (SSSR count). The number of carbonyl (C=O) groups excluding carboxylic acids is 1. The summed E-state index contributed by atoms with van der Waals surface area (Å²) in [6.45, 7) is 0. The second-order valence-electron chi connectivity index (χ2n) is 4.15. The second-order valence-corrected chi connectivity index (χ2v) is 4.98. The van der Waals surface area contributed by atoms with Gasteiger partial charge in [-0.25, -0.2) is 0 Å². The van der Waals surface area contributed by atoms with Crippen LogP contribution in [0.2, 0.25) is 0 Å². The Morgan fingerprint density at radius 3 is 2.79 bits per heavy atom. The Hall–Kier alpha value is -2.27. The molecule has 0 aliphatic rings. The second kappa shape index (κ2) is 5.16. The minimum absolute atomic E-state index is 0.0768. The summed E-state index contributed by atoms with van der Waals surface area (Å²) in [6, 6.07) is 14.1. The first-order valence-corrected chi connectivity index (χ1v) is 6.73. The molecule has 1 N–H and O–H groups in total. The predicted octanol–water partition coefficient (Wildman–Crippen LogP) is 2.87. The van der Waals surface area contributed by atoms with Crippen LogP contribution in [0.3, 0.4) is 0 Å². The highest BCUT2D eigenvalue weighted by atomic mass is 32.1. The summed E-state index contributed by atoms with van der Waals surface area (Å²) in [5.41, 5.74) is 2.58. The average molecular weight is 269 g/mol. The van der Waals surface area contributed by atoms with Gasteiger partial charge in [-0.05, 0) is 16.3 Å². The first-order valence-electron chi connectivity index (χ1n) is 5.85. The van der Waals surface area contributed by atoms with Crippen molar-refractivity contribution >= 4 is 33.1 Å². The van der Waals surface area contributed by atoms with Crippen molar-refractivity contribution in [1.29, 1.82) is 0 Å². The number of aromatic nitrogens is 2. The van der Waals surface area contributed by atoms with E-state index >= 15 is 0 Å². The van der Waals surface area contributed by atoms with E-state index in [2.05, 4.69) is 21.6 Å². The van der Waals surface area contributed by atoms with E-state index in [1.165, 1.54) is 16.7 Å². The van der Waals surface area contributed by atoms with Crippen LogP contribution in [-0.4, -0.2) is 16.1 Å². The van der Waals surface area contributed by atoms with Crippen molar-refractivity contribution in [2.24, 2.45) is 0 Å². The highest BCUT2D eigenvalue weighted by Gasteiger charge is 2.06. The van der Waals surface area contributed by atoms with Gasteiger partial charge in [0.05, 0.1) is 6.42 Å². The maximum atomic E-state index is 11.8. The number of fused-ring (bicyclic) bond motifs is 1. The lowest BCUT2D eigenvalue weighted by Gasteiger charge is -2.03. The Morgan fingerprint density at radius 2 is 2.00 bits per heavy atom. The largest absolute Gasteiger partial charge is 0.300 e. The summed E-state index contributed by atoms with van der Waals surface area (Å²) in [7, 11) is 0. The molecule has 1 aromatic heterocycles. The molecule has 94 valence electrons. The maximum Gasteiger partial charge on any atom is 0.230 e. The molecular weight excluding hydrogens is 258 g/mol. The van der Waals surface area contributed by atoms with E-state index < -0.39 is 0 Å². The average Bonchev–Trinajstić information content (AvgIpc) is 2.91. The van der Waals surface area contributed by atoms with E-state index in [0.717, 1.165) is 10.9 Å². The summed E-state index contributed by atoms with van der Waals surface area (Å²) < 4.78 is 0. The number of benzene rings is 2. The summed E-state index contributed by atoms with van der Waals surface area (Å²) in [4.78, 5) is 11.8. The molecule has 0 spiro atoms. The molecule has 3 aromatic rings. The van der Waals surface area contributed by atoms with E-state index in [-0.39, 0.29) is 5.91 Å². The highest BCUT2D eigenvalue weighted by Crippen LogP contribution is 2.16. The lowest BCUT2D eigenvalue weighted by Crippen LogP contribution is -2.14. The fourth-order valence-corrected chi connectivity index (χ4v) is 2.39. The molecule has 0 unspecified atom stereocenters. The van der Waals surface area contributed by atoms with Gasteiger partial charge in [-0.1, -0.05) is 53.8 Å². The third-order valence-electron chi connectivity index (χ3n) is 2.78. The predicted molar refractivity (Wildman–Crippen MR) is 76.2 cm³/mol. The molecule has 1 heterocycles. The van der Waals surface area contributed by atoms with Crippen LogP contribution >= 0.6 is 11.3 Å².